The third kappa shape index (κ3) is 2.47. The van der Waals surface area contributed by atoms with Gasteiger partial charge in [0.2, 0.25) is 5.91 Å². The number of hydrogen-bond acceptors (Lipinski definition) is 2. The van der Waals surface area contributed by atoms with Crippen LogP contribution < -0.4 is 10.6 Å². The minimum atomic E-state index is 0.241. The van der Waals surface area contributed by atoms with Crippen LogP contribution >= 0.6 is 0 Å². The summed E-state index contributed by atoms with van der Waals surface area (Å²) >= 11 is 0. The molecule has 0 aromatic rings. The predicted molar refractivity (Wildman–Crippen MR) is 55.9 cm³/mol. The molecule has 0 aromatic heterocycles. The average Bonchev–Trinajstić information content (AvgIpc) is 3.01. The van der Waals surface area contributed by atoms with Crippen LogP contribution in [0.5, 0.6) is 0 Å². The van der Waals surface area contributed by atoms with Crippen molar-refractivity contribution in [1.82, 2.24) is 10.6 Å². The molecule has 80 valence electrons. The summed E-state index contributed by atoms with van der Waals surface area (Å²) < 4.78 is 0. The highest BCUT2D eigenvalue weighted by atomic mass is 16.1. The molecule has 1 heterocycles. The molecule has 0 aromatic carbocycles. The summed E-state index contributed by atoms with van der Waals surface area (Å²) in [6.45, 7) is 4.15. The summed E-state index contributed by atoms with van der Waals surface area (Å²) in [5.41, 5.74) is 0. The Morgan fingerprint density at radius 1 is 1.29 bits per heavy atom. The molecular formula is C11H20N2O. The van der Waals surface area contributed by atoms with Crippen molar-refractivity contribution in [3.05, 3.63) is 0 Å². The summed E-state index contributed by atoms with van der Waals surface area (Å²) in [5.74, 6) is 1.20. The van der Waals surface area contributed by atoms with Gasteiger partial charge >= 0.3 is 0 Å². The smallest absolute Gasteiger partial charge is 0.223 e. The monoisotopic (exact) mass is 196 g/mol. The normalized spacial score (nSPS) is 25.8. The molecule has 1 amide bonds. The van der Waals surface area contributed by atoms with E-state index in [9.17, 15) is 4.79 Å². The second-order valence-corrected chi connectivity index (χ2v) is 4.66. The fraction of sp³-hybridized carbons (Fsp3) is 0.909. The Kier molecular flexibility index (Phi) is 3.06. The Hall–Kier alpha value is -0.570. The molecule has 0 spiro atoms. The predicted octanol–water partition coefficient (Wildman–Crippen LogP) is 0.901. The SMILES string of the molecule is CC(C(=O)NC1CCNCC1)C1CC1. The molecule has 2 fully saturated rings. The van der Waals surface area contributed by atoms with Gasteiger partial charge in [-0.25, -0.2) is 0 Å². The van der Waals surface area contributed by atoms with Crippen LogP contribution in [0.1, 0.15) is 32.6 Å². The third-order valence-corrected chi connectivity index (χ3v) is 3.43. The van der Waals surface area contributed by atoms with Gasteiger partial charge in [0.1, 0.15) is 0 Å². The second-order valence-electron chi connectivity index (χ2n) is 4.66. The molecule has 14 heavy (non-hydrogen) atoms. The lowest BCUT2D eigenvalue weighted by atomic mass is 10.0. The molecule has 2 rings (SSSR count). The van der Waals surface area contributed by atoms with E-state index in [1.807, 2.05) is 0 Å². The lowest BCUT2D eigenvalue weighted by Gasteiger charge is -2.25. The summed E-state index contributed by atoms with van der Waals surface area (Å²) in [7, 11) is 0. The number of rotatable bonds is 3. The minimum absolute atomic E-state index is 0.241. The van der Waals surface area contributed by atoms with Crippen molar-refractivity contribution in [3.63, 3.8) is 0 Å². The van der Waals surface area contributed by atoms with Crippen molar-refractivity contribution in [2.75, 3.05) is 13.1 Å². The highest BCUT2D eigenvalue weighted by Gasteiger charge is 2.33. The minimum Gasteiger partial charge on any atom is -0.353 e. The van der Waals surface area contributed by atoms with Crippen molar-refractivity contribution in [2.24, 2.45) is 11.8 Å². The number of carbonyl (C=O) groups excluding carboxylic acids is 1. The van der Waals surface area contributed by atoms with E-state index in [-0.39, 0.29) is 11.8 Å². The number of hydrogen-bond donors (Lipinski definition) is 2. The van der Waals surface area contributed by atoms with Gasteiger partial charge in [0, 0.05) is 12.0 Å². The molecule has 2 aliphatic rings. The van der Waals surface area contributed by atoms with Gasteiger partial charge in [0.15, 0.2) is 0 Å². The molecule has 3 nitrogen and oxygen atoms in total. The van der Waals surface area contributed by atoms with Crippen LogP contribution in [0.3, 0.4) is 0 Å². The number of piperidine rings is 1. The zero-order chi connectivity index (χ0) is 9.97. The molecule has 1 saturated carbocycles. The highest BCUT2D eigenvalue weighted by molar-refractivity contribution is 5.79. The Bertz CT molecular complexity index is 207. The average molecular weight is 196 g/mol. The Morgan fingerprint density at radius 3 is 2.50 bits per heavy atom. The van der Waals surface area contributed by atoms with Crippen LogP contribution in [0, 0.1) is 11.8 Å². The maximum absolute atomic E-state index is 11.8. The van der Waals surface area contributed by atoms with Crippen LogP contribution in [0.25, 0.3) is 0 Å². The molecule has 1 saturated heterocycles. The Morgan fingerprint density at radius 2 is 1.93 bits per heavy atom. The lowest BCUT2D eigenvalue weighted by Crippen LogP contribution is -2.44. The van der Waals surface area contributed by atoms with Crippen LogP contribution in [0.15, 0.2) is 0 Å². The van der Waals surface area contributed by atoms with E-state index in [1.54, 1.807) is 0 Å². The van der Waals surface area contributed by atoms with E-state index < -0.39 is 0 Å². The molecular weight excluding hydrogens is 176 g/mol. The maximum atomic E-state index is 11.8. The summed E-state index contributed by atoms with van der Waals surface area (Å²) in [4.78, 5) is 11.8. The van der Waals surface area contributed by atoms with Gasteiger partial charge in [-0.1, -0.05) is 6.92 Å². The van der Waals surface area contributed by atoms with Gasteiger partial charge in [0.05, 0.1) is 0 Å². The van der Waals surface area contributed by atoms with Crippen LogP contribution in [0.2, 0.25) is 0 Å². The zero-order valence-corrected chi connectivity index (χ0v) is 8.88. The van der Waals surface area contributed by atoms with Crippen LogP contribution in [0.4, 0.5) is 0 Å². The molecule has 1 aliphatic heterocycles. The van der Waals surface area contributed by atoms with Gasteiger partial charge in [-0.3, -0.25) is 4.79 Å². The van der Waals surface area contributed by atoms with Crippen molar-refractivity contribution in [1.29, 1.82) is 0 Å². The topological polar surface area (TPSA) is 41.1 Å². The number of carbonyl (C=O) groups is 1. The van der Waals surface area contributed by atoms with E-state index in [4.69, 9.17) is 0 Å². The Balaban J connectivity index is 1.74. The largest absolute Gasteiger partial charge is 0.353 e. The van der Waals surface area contributed by atoms with Crippen LogP contribution in [-0.2, 0) is 4.79 Å². The van der Waals surface area contributed by atoms with Gasteiger partial charge in [-0.15, -0.1) is 0 Å². The number of amides is 1. The van der Waals surface area contributed by atoms with Crippen molar-refractivity contribution in [2.45, 2.75) is 38.6 Å². The first-order chi connectivity index (χ1) is 6.77. The van der Waals surface area contributed by atoms with E-state index in [2.05, 4.69) is 17.6 Å². The fourth-order valence-corrected chi connectivity index (χ4v) is 2.11. The van der Waals surface area contributed by atoms with Crippen LogP contribution in [-0.4, -0.2) is 25.0 Å². The zero-order valence-electron chi connectivity index (χ0n) is 8.88. The molecule has 0 radical (unpaired) electrons. The molecule has 3 heteroatoms. The van der Waals surface area contributed by atoms with Crippen molar-refractivity contribution >= 4 is 5.91 Å². The van der Waals surface area contributed by atoms with Gasteiger partial charge in [0.25, 0.3) is 0 Å². The first kappa shape index (κ1) is 9.97. The van der Waals surface area contributed by atoms with Crippen molar-refractivity contribution < 1.29 is 4.79 Å². The third-order valence-electron chi connectivity index (χ3n) is 3.43. The molecule has 1 atom stereocenters. The quantitative estimate of drug-likeness (QED) is 0.704. The summed E-state index contributed by atoms with van der Waals surface area (Å²) in [5, 5.41) is 6.46. The van der Waals surface area contributed by atoms with E-state index in [0.29, 0.717) is 12.0 Å². The first-order valence-electron chi connectivity index (χ1n) is 5.78. The fourth-order valence-electron chi connectivity index (χ4n) is 2.11. The summed E-state index contributed by atoms with van der Waals surface area (Å²) in [6.07, 6.45) is 4.67. The summed E-state index contributed by atoms with van der Waals surface area (Å²) in [6, 6.07) is 0.421. The second kappa shape index (κ2) is 4.30. The molecule has 2 N–H and O–H groups in total. The highest BCUT2D eigenvalue weighted by Crippen LogP contribution is 2.36. The standard InChI is InChI=1S/C11H20N2O/c1-8(9-2-3-9)11(14)13-10-4-6-12-7-5-10/h8-10,12H,2-7H2,1H3,(H,13,14). The molecule has 0 bridgehead atoms. The molecule has 1 unspecified atom stereocenters. The van der Waals surface area contributed by atoms with Gasteiger partial charge in [-0.2, -0.15) is 0 Å². The van der Waals surface area contributed by atoms with Gasteiger partial charge in [-0.05, 0) is 44.7 Å². The van der Waals surface area contributed by atoms with Gasteiger partial charge < -0.3 is 10.6 Å². The first-order valence-corrected chi connectivity index (χ1v) is 5.78. The van der Waals surface area contributed by atoms with Crippen molar-refractivity contribution in [3.8, 4) is 0 Å². The lowest BCUT2D eigenvalue weighted by molar-refractivity contribution is -0.126. The van der Waals surface area contributed by atoms with E-state index >= 15 is 0 Å². The number of nitrogens with one attached hydrogen (secondary N) is 2. The Labute approximate surface area is 85.6 Å². The van der Waals surface area contributed by atoms with E-state index in [0.717, 1.165) is 25.9 Å². The molecule has 1 aliphatic carbocycles. The van der Waals surface area contributed by atoms with E-state index in [1.165, 1.54) is 12.8 Å². The maximum Gasteiger partial charge on any atom is 0.223 e.